The van der Waals surface area contributed by atoms with Crippen molar-refractivity contribution in [2.75, 3.05) is 38.7 Å². The number of benzene rings is 1. The molecule has 2 rings (SSSR count). The number of hydrogen-bond donors (Lipinski definition) is 2. The number of anilines is 1. The topological polar surface area (TPSA) is 66.0 Å². The Labute approximate surface area is 157 Å². The highest BCUT2D eigenvalue weighted by Crippen LogP contribution is 2.26. The lowest BCUT2D eigenvalue weighted by atomic mass is 9.89. The summed E-state index contributed by atoms with van der Waals surface area (Å²) in [6.45, 7) is 8.00. The first-order valence-electron chi connectivity index (χ1n) is 9.22. The number of hydrogen-bond acceptors (Lipinski definition) is 3. The van der Waals surface area contributed by atoms with Crippen LogP contribution in [0.5, 0.6) is 0 Å². The SMILES string of the molecule is CN=C(NCC(=O)N1CCCc2ccccc21)NCC(OC)C(C)(C)C. The number of aryl methyl sites for hydroxylation is 1. The molecule has 1 amide bonds. The fourth-order valence-corrected chi connectivity index (χ4v) is 3.20. The molecule has 0 radical (unpaired) electrons. The van der Waals surface area contributed by atoms with Crippen molar-refractivity contribution >= 4 is 17.6 Å². The first kappa shape index (κ1) is 20.2. The molecule has 1 aromatic rings. The van der Waals surface area contributed by atoms with Crippen LogP contribution in [-0.2, 0) is 16.0 Å². The first-order valence-corrected chi connectivity index (χ1v) is 9.22. The van der Waals surface area contributed by atoms with Gasteiger partial charge in [0.25, 0.3) is 0 Å². The van der Waals surface area contributed by atoms with Crippen LogP contribution in [0.1, 0.15) is 32.8 Å². The normalized spacial score (nSPS) is 16.0. The standard InChI is InChI=1S/C20H32N4O2/c1-20(2,3)17(26-5)13-22-19(21-4)23-14-18(25)24-12-8-10-15-9-6-7-11-16(15)24/h6-7,9,11,17H,8,10,12-14H2,1-5H3,(H2,21,22,23). The molecular weight excluding hydrogens is 328 g/mol. The van der Waals surface area contributed by atoms with Crippen LogP contribution in [0.25, 0.3) is 0 Å². The van der Waals surface area contributed by atoms with Gasteiger partial charge in [0.2, 0.25) is 5.91 Å². The van der Waals surface area contributed by atoms with Crippen LogP contribution in [0.15, 0.2) is 29.3 Å². The summed E-state index contributed by atoms with van der Waals surface area (Å²) < 4.78 is 5.55. The fourth-order valence-electron chi connectivity index (χ4n) is 3.20. The molecule has 0 aliphatic carbocycles. The van der Waals surface area contributed by atoms with Gasteiger partial charge in [0.15, 0.2) is 5.96 Å². The molecule has 1 atom stereocenters. The average molecular weight is 361 g/mol. The van der Waals surface area contributed by atoms with E-state index in [-0.39, 0.29) is 24.0 Å². The van der Waals surface area contributed by atoms with Crippen LogP contribution in [0.4, 0.5) is 5.69 Å². The average Bonchev–Trinajstić information content (AvgIpc) is 2.62. The molecule has 1 aromatic carbocycles. The van der Waals surface area contributed by atoms with Gasteiger partial charge in [-0.15, -0.1) is 0 Å². The fraction of sp³-hybridized carbons (Fsp3) is 0.600. The maximum atomic E-state index is 12.7. The van der Waals surface area contributed by atoms with E-state index in [9.17, 15) is 4.79 Å². The maximum Gasteiger partial charge on any atom is 0.246 e. The summed E-state index contributed by atoms with van der Waals surface area (Å²) in [5, 5.41) is 6.37. The lowest BCUT2D eigenvalue weighted by molar-refractivity contribution is -0.117. The minimum atomic E-state index is 0.0218. The van der Waals surface area contributed by atoms with Crippen LogP contribution < -0.4 is 15.5 Å². The number of amides is 1. The second-order valence-corrected chi connectivity index (χ2v) is 7.67. The molecule has 1 heterocycles. The molecule has 0 aromatic heterocycles. The number of nitrogens with one attached hydrogen (secondary N) is 2. The molecule has 1 aliphatic rings. The summed E-state index contributed by atoms with van der Waals surface area (Å²) in [5.74, 6) is 0.661. The van der Waals surface area contributed by atoms with Crippen LogP contribution in [0.3, 0.4) is 0 Å². The number of aliphatic imine (C=N–C) groups is 1. The highest BCUT2D eigenvalue weighted by Gasteiger charge is 2.25. The Kier molecular flexibility index (Phi) is 7.03. The maximum absolute atomic E-state index is 12.7. The summed E-state index contributed by atoms with van der Waals surface area (Å²) in [6.07, 6.45) is 2.07. The van der Waals surface area contributed by atoms with Crippen LogP contribution in [0, 0.1) is 5.41 Å². The summed E-state index contributed by atoms with van der Waals surface area (Å²) >= 11 is 0. The Balaban J connectivity index is 1.90. The molecule has 0 saturated heterocycles. The second-order valence-electron chi connectivity index (χ2n) is 7.67. The van der Waals surface area contributed by atoms with Gasteiger partial charge in [-0.05, 0) is 29.9 Å². The minimum Gasteiger partial charge on any atom is -0.379 e. The number of methoxy groups -OCH3 is 1. The van der Waals surface area contributed by atoms with Crippen molar-refractivity contribution in [1.82, 2.24) is 10.6 Å². The highest BCUT2D eigenvalue weighted by atomic mass is 16.5. The van der Waals surface area contributed by atoms with Gasteiger partial charge in [-0.1, -0.05) is 39.0 Å². The molecule has 144 valence electrons. The van der Waals surface area contributed by atoms with Crippen molar-refractivity contribution in [1.29, 1.82) is 0 Å². The lowest BCUT2D eigenvalue weighted by Crippen LogP contribution is -2.48. The van der Waals surface area contributed by atoms with Gasteiger partial charge in [0.05, 0.1) is 12.6 Å². The largest absolute Gasteiger partial charge is 0.379 e. The smallest absolute Gasteiger partial charge is 0.246 e. The van der Waals surface area contributed by atoms with Gasteiger partial charge in [0.1, 0.15) is 0 Å². The van der Waals surface area contributed by atoms with Crippen molar-refractivity contribution < 1.29 is 9.53 Å². The highest BCUT2D eigenvalue weighted by molar-refractivity contribution is 5.98. The molecule has 0 saturated carbocycles. The van der Waals surface area contributed by atoms with Crippen molar-refractivity contribution in [2.24, 2.45) is 10.4 Å². The minimum absolute atomic E-state index is 0.0218. The zero-order valence-electron chi connectivity index (χ0n) is 16.6. The van der Waals surface area contributed by atoms with E-state index in [4.69, 9.17) is 4.74 Å². The lowest BCUT2D eigenvalue weighted by Gasteiger charge is -2.31. The van der Waals surface area contributed by atoms with Gasteiger partial charge in [-0.2, -0.15) is 0 Å². The van der Waals surface area contributed by atoms with E-state index >= 15 is 0 Å². The zero-order chi connectivity index (χ0) is 19.2. The number of carbonyl (C=O) groups excluding carboxylic acids is 1. The van der Waals surface area contributed by atoms with Gasteiger partial charge in [-0.3, -0.25) is 9.79 Å². The molecule has 0 spiro atoms. The zero-order valence-corrected chi connectivity index (χ0v) is 16.6. The van der Waals surface area contributed by atoms with E-state index in [1.165, 1.54) is 5.56 Å². The Morgan fingerprint density at radius 2 is 2.04 bits per heavy atom. The monoisotopic (exact) mass is 360 g/mol. The number of rotatable bonds is 5. The number of fused-ring (bicyclic) bond motifs is 1. The van der Waals surface area contributed by atoms with Crippen molar-refractivity contribution in [3.8, 4) is 0 Å². The number of nitrogens with zero attached hydrogens (tertiary/aromatic N) is 2. The van der Waals surface area contributed by atoms with Crippen molar-refractivity contribution in [3.05, 3.63) is 29.8 Å². The Bertz CT molecular complexity index is 637. The second kappa shape index (κ2) is 9.03. The van der Waals surface area contributed by atoms with E-state index in [0.717, 1.165) is 25.1 Å². The summed E-state index contributed by atoms with van der Waals surface area (Å²) in [4.78, 5) is 18.8. The molecule has 0 fully saturated rings. The Hall–Kier alpha value is -2.08. The predicted molar refractivity (Wildman–Crippen MR) is 107 cm³/mol. The van der Waals surface area contributed by atoms with Crippen LogP contribution >= 0.6 is 0 Å². The van der Waals surface area contributed by atoms with E-state index in [0.29, 0.717) is 12.5 Å². The van der Waals surface area contributed by atoms with Gasteiger partial charge in [0, 0.05) is 32.9 Å². The summed E-state index contributed by atoms with van der Waals surface area (Å²) in [5.41, 5.74) is 2.29. The molecule has 1 aliphatic heterocycles. The molecule has 6 nitrogen and oxygen atoms in total. The molecule has 0 bridgehead atoms. The molecule has 6 heteroatoms. The van der Waals surface area contributed by atoms with E-state index in [1.807, 2.05) is 23.1 Å². The number of para-hydroxylation sites is 1. The van der Waals surface area contributed by atoms with Gasteiger partial charge < -0.3 is 20.3 Å². The quantitative estimate of drug-likeness (QED) is 0.624. The first-order chi connectivity index (χ1) is 12.4. The Morgan fingerprint density at radius 3 is 2.69 bits per heavy atom. The molecule has 2 N–H and O–H groups in total. The third-order valence-corrected chi connectivity index (χ3v) is 4.75. The summed E-state index contributed by atoms with van der Waals surface area (Å²) in [7, 11) is 3.42. The summed E-state index contributed by atoms with van der Waals surface area (Å²) in [6, 6.07) is 8.13. The molecule has 26 heavy (non-hydrogen) atoms. The van der Waals surface area contributed by atoms with Crippen molar-refractivity contribution in [3.63, 3.8) is 0 Å². The van der Waals surface area contributed by atoms with Crippen LogP contribution in [0.2, 0.25) is 0 Å². The third-order valence-electron chi connectivity index (χ3n) is 4.75. The van der Waals surface area contributed by atoms with E-state index in [2.05, 4.69) is 42.5 Å². The van der Waals surface area contributed by atoms with Gasteiger partial charge in [-0.25, -0.2) is 0 Å². The van der Waals surface area contributed by atoms with E-state index < -0.39 is 0 Å². The number of carbonyl (C=O) groups is 1. The van der Waals surface area contributed by atoms with Gasteiger partial charge >= 0.3 is 0 Å². The number of ether oxygens (including phenoxy) is 1. The third kappa shape index (κ3) is 5.21. The van der Waals surface area contributed by atoms with Crippen LogP contribution in [-0.4, -0.2) is 51.8 Å². The molecule has 1 unspecified atom stereocenters. The predicted octanol–water partition coefficient (Wildman–Crippen LogP) is 2.19. The molecular formula is C20H32N4O2. The van der Waals surface area contributed by atoms with Crippen molar-refractivity contribution in [2.45, 2.75) is 39.7 Å². The Morgan fingerprint density at radius 1 is 1.31 bits per heavy atom. The number of guanidine groups is 1. The van der Waals surface area contributed by atoms with E-state index in [1.54, 1.807) is 14.2 Å².